The second-order valence-electron chi connectivity index (χ2n) is 2.76. The minimum Gasteiger partial charge on any atom is -0.399 e. The summed E-state index contributed by atoms with van der Waals surface area (Å²) in [4.78, 5) is 16.3. The van der Waals surface area contributed by atoms with E-state index in [0.29, 0.717) is 16.3 Å². The van der Waals surface area contributed by atoms with Gasteiger partial charge < -0.3 is 5.73 Å². The summed E-state index contributed by atoms with van der Waals surface area (Å²) in [6.07, 6.45) is 0. The van der Waals surface area contributed by atoms with Crippen LogP contribution >= 0.6 is 11.6 Å². The molecule has 76 valence electrons. The fourth-order valence-corrected chi connectivity index (χ4v) is 1.24. The minimum atomic E-state index is -0.290. The van der Waals surface area contributed by atoms with E-state index in [0.717, 1.165) is 5.06 Å². The number of benzene rings is 1. The van der Waals surface area contributed by atoms with Crippen molar-refractivity contribution in [3.8, 4) is 0 Å². The lowest BCUT2D eigenvalue weighted by Gasteiger charge is -2.13. The molecule has 0 saturated heterocycles. The molecule has 14 heavy (non-hydrogen) atoms. The van der Waals surface area contributed by atoms with Gasteiger partial charge in [0.2, 0.25) is 0 Å². The first-order valence-electron chi connectivity index (χ1n) is 3.93. The van der Waals surface area contributed by atoms with Gasteiger partial charge in [-0.3, -0.25) is 9.63 Å². The standard InChI is InChI=1S/C9H11ClN2O2/c1-12(14-2)9(13)6-3-7(10)5-8(11)4-6/h3-5H,11H2,1-2H3. The lowest BCUT2D eigenvalue weighted by Crippen LogP contribution is -2.25. The van der Waals surface area contributed by atoms with Crippen LogP contribution in [0, 0.1) is 0 Å². The van der Waals surface area contributed by atoms with E-state index in [1.807, 2.05) is 0 Å². The Balaban J connectivity index is 3.01. The van der Waals surface area contributed by atoms with Crippen molar-refractivity contribution in [3.05, 3.63) is 28.8 Å². The van der Waals surface area contributed by atoms with E-state index in [-0.39, 0.29) is 5.91 Å². The van der Waals surface area contributed by atoms with Crippen molar-refractivity contribution in [2.24, 2.45) is 0 Å². The Bertz CT molecular complexity index is 334. The first-order chi connectivity index (χ1) is 6.54. The van der Waals surface area contributed by atoms with Gasteiger partial charge in [0, 0.05) is 23.3 Å². The van der Waals surface area contributed by atoms with Crippen LogP contribution in [0.4, 0.5) is 5.69 Å². The fourth-order valence-electron chi connectivity index (χ4n) is 1.00. The molecule has 0 unspecified atom stereocenters. The van der Waals surface area contributed by atoms with Crippen LogP contribution in [0.15, 0.2) is 18.2 Å². The van der Waals surface area contributed by atoms with Crippen LogP contribution in [0.5, 0.6) is 0 Å². The average Bonchev–Trinajstić information content (AvgIpc) is 2.14. The van der Waals surface area contributed by atoms with E-state index in [4.69, 9.17) is 22.2 Å². The van der Waals surface area contributed by atoms with Crippen molar-refractivity contribution in [3.63, 3.8) is 0 Å². The third-order valence-corrected chi connectivity index (χ3v) is 1.95. The molecule has 0 bridgehead atoms. The molecule has 0 aliphatic carbocycles. The van der Waals surface area contributed by atoms with Gasteiger partial charge in [0.05, 0.1) is 7.11 Å². The molecular weight excluding hydrogens is 204 g/mol. The molecule has 0 heterocycles. The number of nitrogens with zero attached hydrogens (tertiary/aromatic N) is 1. The smallest absolute Gasteiger partial charge is 0.277 e. The molecule has 1 aromatic carbocycles. The van der Waals surface area contributed by atoms with E-state index < -0.39 is 0 Å². The van der Waals surface area contributed by atoms with Crippen molar-refractivity contribution in [1.29, 1.82) is 0 Å². The summed E-state index contributed by atoms with van der Waals surface area (Å²) in [5, 5.41) is 1.53. The zero-order valence-electron chi connectivity index (χ0n) is 7.95. The average molecular weight is 215 g/mol. The molecule has 0 aliphatic rings. The number of amides is 1. The van der Waals surface area contributed by atoms with Crippen LogP contribution in [-0.2, 0) is 4.84 Å². The number of carbonyl (C=O) groups excluding carboxylic acids is 1. The van der Waals surface area contributed by atoms with E-state index in [1.165, 1.54) is 20.2 Å². The molecule has 0 aliphatic heterocycles. The first kappa shape index (κ1) is 10.8. The Morgan fingerprint density at radius 3 is 2.64 bits per heavy atom. The highest BCUT2D eigenvalue weighted by molar-refractivity contribution is 6.31. The van der Waals surface area contributed by atoms with Gasteiger partial charge in [-0.25, -0.2) is 5.06 Å². The Morgan fingerprint density at radius 1 is 1.50 bits per heavy atom. The topological polar surface area (TPSA) is 55.6 Å². The maximum Gasteiger partial charge on any atom is 0.277 e. The van der Waals surface area contributed by atoms with Crippen LogP contribution < -0.4 is 5.73 Å². The molecule has 0 fully saturated rings. The monoisotopic (exact) mass is 214 g/mol. The second kappa shape index (κ2) is 4.30. The number of nitrogen functional groups attached to an aromatic ring is 1. The molecule has 0 saturated carbocycles. The zero-order valence-corrected chi connectivity index (χ0v) is 8.71. The molecule has 1 aromatic rings. The van der Waals surface area contributed by atoms with Crippen LogP contribution in [0.2, 0.25) is 5.02 Å². The molecule has 0 spiro atoms. The predicted molar refractivity (Wildman–Crippen MR) is 55.0 cm³/mol. The highest BCUT2D eigenvalue weighted by Gasteiger charge is 2.12. The van der Waals surface area contributed by atoms with Crippen molar-refractivity contribution >= 4 is 23.2 Å². The summed E-state index contributed by atoms with van der Waals surface area (Å²) in [5.41, 5.74) is 6.39. The number of carbonyl (C=O) groups is 1. The van der Waals surface area contributed by atoms with E-state index in [1.54, 1.807) is 12.1 Å². The molecule has 1 rings (SSSR count). The number of nitrogens with two attached hydrogens (primary N) is 1. The highest BCUT2D eigenvalue weighted by atomic mass is 35.5. The number of halogens is 1. The van der Waals surface area contributed by atoms with Gasteiger partial charge in [-0.1, -0.05) is 11.6 Å². The van der Waals surface area contributed by atoms with Gasteiger partial charge in [-0.2, -0.15) is 0 Å². The molecule has 0 aromatic heterocycles. The molecule has 1 amide bonds. The van der Waals surface area contributed by atoms with E-state index in [2.05, 4.69) is 0 Å². The highest BCUT2D eigenvalue weighted by Crippen LogP contribution is 2.17. The summed E-state index contributed by atoms with van der Waals surface area (Å²) < 4.78 is 0. The minimum absolute atomic E-state index is 0.290. The zero-order chi connectivity index (χ0) is 10.7. The van der Waals surface area contributed by atoms with Crippen LogP contribution in [0.3, 0.4) is 0 Å². The van der Waals surface area contributed by atoms with Crippen LogP contribution in [0.25, 0.3) is 0 Å². The normalized spacial score (nSPS) is 9.93. The third kappa shape index (κ3) is 2.37. The largest absolute Gasteiger partial charge is 0.399 e. The quantitative estimate of drug-likeness (QED) is 0.601. The Labute approximate surface area is 87.2 Å². The first-order valence-corrected chi connectivity index (χ1v) is 4.30. The molecule has 0 atom stereocenters. The lowest BCUT2D eigenvalue weighted by molar-refractivity contribution is -0.0756. The van der Waals surface area contributed by atoms with E-state index in [9.17, 15) is 4.79 Å². The summed E-state index contributed by atoms with van der Waals surface area (Å²) >= 11 is 5.75. The summed E-state index contributed by atoms with van der Waals surface area (Å²) in [6.45, 7) is 0. The van der Waals surface area contributed by atoms with Crippen molar-refractivity contribution in [1.82, 2.24) is 5.06 Å². The molecule has 2 N–H and O–H groups in total. The van der Waals surface area contributed by atoms with Gasteiger partial charge in [-0.05, 0) is 18.2 Å². The lowest BCUT2D eigenvalue weighted by atomic mass is 10.2. The number of hydroxylamine groups is 2. The summed E-state index contributed by atoms with van der Waals surface area (Å²) in [5.74, 6) is -0.290. The molecule has 4 nitrogen and oxygen atoms in total. The van der Waals surface area contributed by atoms with Gasteiger partial charge in [-0.15, -0.1) is 0 Å². The fraction of sp³-hybridized carbons (Fsp3) is 0.222. The van der Waals surface area contributed by atoms with Crippen LogP contribution in [0.1, 0.15) is 10.4 Å². The summed E-state index contributed by atoms with van der Waals surface area (Å²) in [7, 11) is 2.92. The van der Waals surface area contributed by atoms with Gasteiger partial charge in [0.15, 0.2) is 0 Å². The molecular formula is C9H11ClN2O2. The van der Waals surface area contributed by atoms with Gasteiger partial charge in [0.1, 0.15) is 0 Å². The number of anilines is 1. The number of hydrogen-bond acceptors (Lipinski definition) is 3. The molecule has 5 heteroatoms. The molecule has 0 radical (unpaired) electrons. The van der Waals surface area contributed by atoms with Crippen molar-refractivity contribution < 1.29 is 9.63 Å². The SMILES string of the molecule is CON(C)C(=O)c1cc(N)cc(Cl)c1. The number of hydrogen-bond donors (Lipinski definition) is 1. The maximum absolute atomic E-state index is 11.6. The van der Waals surface area contributed by atoms with Crippen molar-refractivity contribution in [2.75, 3.05) is 19.9 Å². The number of rotatable bonds is 2. The maximum atomic E-state index is 11.6. The van der Waals surface area contributed by atoms with Gasteiger partial charge in [0.25, 0.3) is 5.91 Å². The predicted octanol–water partition coefficient (Wildman–Crippen LogP) is 1.56. The van der Waals surface area contributed by atoms with Crippen LogP contribution in [-0.4, -0.2) is 25.1 Å². The Morgan fingerprint density at radius 2 is 2.14 bits per heavy atom. The summed E-state index contributed by atoms with van der Waals surface area (Å²) in [6, 6.07) is 4.66. The Kier molecular flexibility index (Phi) is 3.33. The van der Waals surface area contributed by atoms with Crippen molar-refractivity contribution in [2.45, 2.75) is 0 Å². The van der Waals surface area contributed by atoms with E-state index >= 15 is 0 Å². The second-order valence-corrected chi connectivity index (χ2v) is 3.19. The van der Waals surface area contributed by atoms with Gasteiger partial charge >= 0.3 is 0 Å². The third-order valence-electron chi connectivity index (χ3n) is 1.73. The Hall–Kier alpha value is -1.26.